The lowest BCUT2D eigenvalue weighted by atomic mass is 10.0. The van der Waals surface area contributed by atoms with Crippen LogP contribution in [0.2, 0.25) is 5.02 Å². The van der Waals surface area contributed by atoms with Crippen molar-refractivity contribution in [1.82, 2.24) is 15.2 Å². The van der Waals surface area contributed by atoms with Crippen molar-refractivity contribution < 1.29 is 0 Å². The Morgan fingerprint density at radius 1 is 1.37 bits per heavy atom. The van der Waals surface area contributed by atoms with Crippen molar-refractivity contribution in [2.24, 2.45) is 0 Å². The maximum atomic E-state index is 6.27. The summed E-state index contributed by atoms with van der Waals surface area (Å²) in [5.74, 6) is 0. The third-order valence-electron chi connectivity index (χ3n) is 3.32. The van der Waals surface area contributed by atoms with Crippen molar-refractivity contribution in [2.45, 2.75) is 25.8 Å². The number of nitrogens with zero attached hydrogens (tertiary/aromatic N) is 2. The molecule has 3 nitrogen and oxygen atoms in total. The number of aromatic nitrogens is 1. The predicted octanol–water partition coefficient (Wildman–Crippen LogP) is 3.33. The van der Waals surface area contributed by atoms with Gasteiger partial charge in [0.05, 0.1) is 5.02 Å². The number of nitrogens with one attached hydrogen (secondary N) is 1. The van der Waals surface area contributed by atoms with Gasteiger partial charge >= 0.3 is 0 Å². The molecule has 0 radical (unpaired) electrons. The number of pyridine rings is 1. The van der Waals surface area contributed by atoms with Crippen LogP contribution in [0, 0.1) is 0 Å². The van der Waals surface area contributed by atoms with E-state index in [0.717, 1.165) is 37.6 Å². The Balaban J connectivity index is 0.00000162. The molecule has 0 aliphatic carbocycles. The minimum absolute atomic E-state index is 0. The molecule has 1 saturated heterocycles. The van der Waals surface area contributed by atoms with Crippen LogP contribution in [-0.2, 0) is 0 Å². The molecule has 1 fully saturated rings. The highest BCUT2D eigenvalue weighted by atomic mass is 35.5. The molecular formula is C13H22Cl3N3. The maximum absolute atomic E-state index is 6.27. The number of piperazine rings is 1. The van der Waals surface area contributed by atoms with E-state index in [0.29, 0.717) is 6.04 Å². The molecule has 6 heteroatoms. The van der Waals surface area contributed by atoms with Crippen LogP contribution in [0.25, 0.3) is 0 Å². The van der Waals surface area contributed by atoms with E-state index in [1.165, 1.54) is 12.0 Å². The summed E-state index contributed by atoms with van der Waals surface area (Å²) in [7, 11) is 0. The second-order valence-corrected chi connectivity index (χ2v) is 4.89. The first kappa shape index (κ1) is 18.9. The first-order valence-corrected chi connectivity index (χ1v) is 6.75. The fraction of sp³-hybridized carbons (Fsp3) is 0.615. The molecule has 0 saturated carbocycles. The molecule has 1 N–H and O–H groups in total. The molecule has 0 bridgehead atoms. The summed E-state index contributed by atoms with van der Waals surface area (Å²) < 4.78 is 0. The van der Waals surface area contributed by atoms with Crippen LogP contribution >= 0.6 is 36.4 Å². The normalized spacial score (nSPS) is 17.2. The first-order chi connectivity index (χ1) is 8.33. The Labute approximate surface area is 132 Å². The summed E-state index contributed by atoms with van der Waals surface area (Å²) in [4.78, 5) is 6.60. The molecule has 0 spiro atoms. The van der Waals surface area contributed by atoms with Gasteiger partial charge in [0.1, 0.15) is 0 Å². The van der Waals surface area contributed by atoms with Gasteiger partial charge < -0.3 is 5.32 Å². The highest BCUT2D eigenvalue weighted by molar-refractivity contribution is 6.31. The number of hydrogen-bond acceptors (Lipinski definition) is 3. The molecule has 1 aromatic heterocycles. The Kier molecular flexibility index (Phi) is 9.75. The SMILES string of the molecule is CCC[C@@H](c1ccncc1Cl)N1CCNCC1.Cl.Cl. The Bertz CT molecular complexity index is 357. The molecule has 1 atom stereocenters. The second-order valence-electron chi connectivity index (χ2n) is 4.49. The van der Waals surface area contributed by atoms with E-state index in [1.54, 1.807) is 6.20 Å². The zero-order valence-corrected chi connectivity index (χ0v) is 13.5. The van der Waals surface area contributed by atoms with Crippen molar-refractivity contribution in [3.63, 3.8) is 0 Å². The average molecular weight is 327 g/mol. The molecule has 2 rings (SSSR count). The molecule has 0 amide bonds. The highest BCUT2D eigenvalue weighted by Crippen LogP contribution is 2.30. The van der Waals surface area contributed by atoms with E-state index in [4.69, 9.17) is 11.6 Å². The molecule has 19 heavy (non-hydrogen) atoms. The number of hydrogen-bond donors (Lipinski definition) is 1. The van der Waals surface area contributed by atoms with E-state index in [1.807, 2.05) is 6.20 Å². The molecule has 0 aromatic carbocycles. The topological polar surface area (TPSA) is 28.2 Å². The summed E-state index contributed by atoms with van der Waals surface area (Å²) in [6.45, 7) is 6.57. The van der Waals surface area contributed by atoms with Gasteiger partial charge in [0.15, 0.2) is 0 Å². The second kappa shape index (κ2) is 9.78. The quantitative estimate of drug-likeness (QED) is 0.920. The van der Waals surface area contributed by atoms with Gasteiger partial charge in [0.2, 0.25) is 0 Å². The third kappa shape index (κ3) is 5.09. The summed E-state index contributed by atoms with van der Waals surface area (Å²) in [6, 6.07) is 2.50. The van der Waals surface area contributed by atoms with E-state index in [2.05, 4.69) is 28.2 Å². The van der Waals surface area contributed by atoms with Crippen LogP contribution in [-0.4, -0.2) is 36.1 Å². The van der Waals surface area contributed by atoms with Crippen molar-refractivity contribution in [3.8, 4) is 0 Å². The van der Waals surface area contributed by atoms with Crippen LogP contribution < -0.4 is 5.32 Å². The summed E-state index contributed by atoms with van der Waals surface area (Å²) in [6.07, 6.45) is 5.92. The van der Waals surface area contributed by atoms with Gasteiger partial charge in [-0.2, -0.15) is 0 Å². The minimum atomic E-state index is 0. The van der Waals surface area contributed by atoms with Crippen molar-refractivity contribution in [2.75, 3.05) is 26.2 Å². The van der Waals surface area contributed by atoms with Crippen molar-refractivity contribution >= 4 is 36.4 Å². The molecule has 2 heterocycles. The zero-order chi connectivity index (χ0) is 12.1. The largest absolute Gasteiger partial charge is 0.314 e. The molecule has 0 unspecified atom stereocenters. The van der Waals surface area contributed by atoms with Crippen LogP contribution in [0.3, 0.4) is 0 Å². The van der Waals surface area contributed by atoms with Gasteiger partial charge in [0, 0.05) is 44.6 Å². The van der Waals surface area contributed by atoms with Crippen molar-refractivity contribution in [1.29, 1.82) is 0 Å². The summed E-state index contributed by atoms with van der Waals surface area (Å²) >= 11 is 6.27. The smallest absolute Gasteiger partial charge is 0.0637 e. The minimum Gasteiger partial charge on any atom is -0.314 e. The fourth-order valence-electron chi connectivity index (χ4n) is 2.46. The monoisotopic (exact) mass is 325 g/mol. The predicted molar refractivity (Wildman–Crippen MR) is 85.8 cm³/mol. The Hall–Kier alpha value is -0.0600. The Morgan fingerprint density at radius 3 is 2.63 bits per heavy atom. The number of halogens is 3. The number of rotatable bonds is 4. The van der Waals surface area contributed by atoms with Gasteiger partial charge in [0.25, 0.3) is 0 Å². The van der Waals surface area contributed by atoms with E-state index >= 15 is 0 Å². The fourth-order valence-corrected chi connectivity index (χ4v) is 2.70. The third-order valence-corrected chi connectivity index (χ3v) is 3.63. The Morgan fingerprint density at radius 2 is 2.05 bits per heavy atom. The van der Waals surface area contributed by atoms with E-state index in [-0.39, 0.29) is 24.8 Å². The lowest BCUT2D eigenvalue weighted by molar-refractivity contribution is 0.164. The van der Waals surface area contributed by atoms with Gasteiger partial charge in [-0.25, -0.2) is 0 Å². The molecular weight excluding hydrogens is 305 g/mol. The molecule has 1 aliphatic rings. The highest BCUT2D eigenvalue weighted by Gasteiger charge is 2.22. The maximum Gasteiger partial charge on any atom is 0.0637 e. The van der Waals surface area contributed by atoms with Crippen LogP contribution in [0.5, 0.6) is 0 Å². The average Bonchev–Trinajstić information content (AvgIpc) is 2.38. The first-order valence-electron chi connectivity index (χ1n) is 6.37. The van der Waals surface area contributed by atoms with E-state index < -0.39 is 0 Å². The standard InChI is InChI=1S/C13H20ClN3.2ClH/c1-2-3-13(17-8-6-15-7-9-17)11-4-5-16-10-12(11)14;;/h4-5,10,13,15H,2-3,6-9H2,1H3;2*1H/t13-;;/m0../s1. The van der Waals surface area contributed by atoms with Crippen molar-refractivity contribution in [3.05, 3.63) is 29.0 Å². The van der Waals surface area contributed by atoms with Gasteiger partial charge in [-0.05, 0) is 18.1 Å². The van der Waals surface area contributed by atoms with Crippen LogP contribution in [0.4, 0.5) is 0 Å². The lowest BCUT2D eigenvalue weighted by Crippen LogP contribution is -2.45. The lowest BCUT2D eigenvalue weighted by Gasteiger charge is -2.35. The van der Waals surface area contributed by atoms with Gasteiger partial charge in [-0.3, -0.25) is 9.88 Å². The molecule has 110 valence electrons. The summed E-state index contributed by atoms with van der Waals surface area (Å²) in [5.41, 5.74) is 1.23. The summed E-state index contributed by atoms with van der Waals surface area (Å²) in [5, 5.41) is 4.19. The van der Waals surface area contributed by atoms with E-state index in [9.17, 15) is 0 Å². The van der Waals surface area contributed by atoms with Crippen LogP contribution in [0.15, 0.2) is 18.5 Å². The van der Waals surface area contributed by atoms with Crippen LogP contribution in [0.1, 0.15) is 31.4 Å². The van der Waals surface area contributed by atoms with Gasteiger partial charge in [-0.1, -0.05) is 24.9 Å². The zero-order valence-electron chi connectivity index (χ0n) is 11.1. The molecule has 1 aliphatic heterocycles. The van der Waals surface area contributed by atoms with Gasteiger partial charge in [-0.15, -0.1) is 24.8 Å². The molecule has 1 aromatic rings.